The zero-order valence-corrected chi connectivity index (χ0v) is 17.6. The number of thioether (sulfide) groups is 1. The summed E-state index contributed by atoms with van der Waals surface area (Å²) < 4.78 is 17.8. The number of halogens is 1. The highest BCUT2D eigenvalue weighted by Crippen LogP contribution is 2.33. The molecule has 3 aromatic heterocycles. The van der Waals surface area contributed by atoms with Crippen LogP contribution in [-0.4, -0.2) is 29.7 Å². The molecule has 0 saturated heterocycles. The first kappa shape index (κ1) is 18.5. The number of thiazole rings is 1. The van der Waals surface area contributed by atoms with Crippen LogP contribution in [0.15, 0.2) is 63.3 Å². The quantitative estimate of drug-likeness (QED) is 0.283. The molecule has 0 N–H and O–H groups in total. The van der Waals surface area contributed by atoms with Crippen molar-refractivity contribution in [1.82, 2.24) is 29.7 Å². The van der Waals surface area contributed by atoms with Crippen molar-refractivity contribution in [3.8, 4) is 0 Å². The number of hydrogen-bond acceptors (Lipinski definition) is 8. The Morgan fingerprint density at radius 3 is 2.86 bits per heavy atom. The van der Waals surface area contributed by atoms with Gasteiger partial charge in [-0.05, 0) is 42.1 Å². The van der Waals surface area contributed by atoms with Crippen molar-refractivity contribution in [3.05, 3.63) is 60.4 Å². The molecular formula is C19H13FN6S3. The van der Waals surface area contributed by atoms with Crippen LogP contribution in [0.4, 0.5) is 4.39 Å². The molecule has 10 heteroatoms. The molecule has 2 aromatic carbocycles. The van der Waals surface area contributed by atoms with E-state index in [0.717, 1.165) is 15.7 Å². The van der Waals surface area contributed by atoms with Gasteiger partial charge in [0, 0.05) is 12.4 Å². The van der Waals surface area contributed by atoms with Crippen molar-refractivity contribution in [2.24, 2.45) is 7.05 Å². The van der Waals surface area contributed by atoms with Crippen LogP contribution in [0.1, 0.15) is 5.82 Å². The number of nitrogens with zero attached hydrogens (tertiary/aromatic N) is 6. The molecule has 5 rings (SSSR count). The fraction of sp³-hybridized carbons (Fsp3) is 0.105. The monoisotopic (exact) mass is 440 g/mol. The molecule has 0 bridgehead atoms. The van der Waals surface area contributed by atoms with Crippen LogP contribution in [0, 0.1) is 5.82 Å². The van der Waals surface area contributed by atoms with E-state index in [1.54, 1.807) is 29.2 Å². The molecule has 0 fully saturated rings. The standard InChI is InChI=1S/C19H13FN6S3/c1-26-16(9-27-19-23-14-4-2-3-5-15(14)28-19)24-25-18(26)29-17-12-8-11(20)6-7-13(12)21-10-22-17/h2-8,10H,9H2,1H3. The Morgan fingerprint density at radius 2 is 1.97 bits per heavy atom. The molecule has 0 spiro atoms. The molecule has 0 aliphatic heterocycles. The van der Waals surface area contributed by atoms with Crippen LogP contribution in [0.5, 0.6) is 0 Å². The lowest BCUT2D eigenvalue weighted by Crippen LogP contribution is -1.98. The lowest BCUT2D eigenvalue weighted by molar-refractivity contribution is 0.629. The van der Waals surface area contributed by atoms with Gasteiger partial charge in [0.05, 0.1) is 21.5 Å². The Balaban J connectivity index is 1.36. The molecule has 0 amide bonds. The summed E-state index contributed by atoms with van der Waals surface area (Å²) in [6.45, 7) is 0. The summed E-state index contributed by atoms with van der Waals surface area (Å²) in [6.07, 6.45) is 1.48. The molecular weight excluding hydrogens is 427 g/mol. The predicted molar refractivity (Wildman–Crippen MR) is 114 cm³/mol. The zero-order valence-electron chi connectivity index (χ0n) is 15.1. The first-order valence-corrected chi connectivity index (χ1v) is 11.2. The number of benzene rings is 2. The number of rotatable bonds is 5. The minimum atomic E-state index is -0.319. The smallest absolute Gasteiger partial charge is 0.197 e. The first-order valence-electron chi connectivity index (χ1n) is 8.62. The molecule has 0 unspecified atom stereocenters. The second kappa shape index (κ2) is 7.69. The van der Waals surface area contributed by atoms with E-state index in [-0.39, 0.29) is 5.82 Å². The topological polar surface area (TPSA) is 69.4 Å². The first-order chi connectivity index (χ1) is 14.2. The molecule has 3 heterocycles. The summed E-state index contributed by atoms with van der Waals surface area (Å²) in [5.41, 5.74) is 1.70. The summed E-state index contributed by atoms with van der Waals surface area (Å²) in [4.78, 5) is 13.1. The average Bonchev–Trinajstić information content (AvgIpc) is 3.30. The number of hydrogen-bond donors (Lipinski definition) is 0. The van der Waals surface area contributed by atoms with Gasteiger partial charge in [-0.25, -0.2) is 19.3 Å². The maximum absolute atomic E-state index is 13.7. The van der Waals surface area contributed by atoms with E-state index in [1.807, 2.05) is 29.8 Å². The van der Waals surface area contributed by atoms with Gasteiger partial charge in [0.2, 0.25) is 0 Å². The molecule has 5 aromatic rings. The van der Waals surface area contributed by atoms with Crippen LogP contribution in [0.25, 0.3) is 21.1 Å². The van der Waals surface area contributed by atoms with E-state index in [2.05, 4.69) is 31.2 Å². The van der Waals surface area contributed by atoms with Gasteiger partial charge in [-0.1, -0.05) is 23.9 Å². The van der Waals surface area contributed by atoms with Crippen LogP contribution in [-0.2, 0) is 12.8 Å². The van der Waals surface area contributed by atoms with Crippen LogP contribution in [0.2, 0.25) is 0 Å². The summed E-state index contributed by atoms with van der Waals surface area (Å²) in [5, 5.41) is 10.6. The van der Waals surface area contributed by atoms with Crippen molar-refractivity contribution in [1.29, 1.82) is 0 Å². The van der Waals surface area contributed by atoms with E-state index in [9.17, 15) is 4.39 Å². The molecule has 144 valence electrons. The van der Waals surface area contributed by atoms with Gasteiger partial charge < -0.3 is 4.57 Å². The normalized spacial score (nSPS) is 11.5. The number of aromatic nitrogens is 6. The van der Waals surface area contributed by atoms with E-state index >= 15 is 0 Å². The van der Waals surface area contributed by atoms with Gasteiger partial charge in [0.15, 0.2) is 9.50 Å². The molecule has 0 radical (unpaired) electrons. The van der Waals surface area contributed by atoms with E-state index in [4.69, 9.17) is 0 Å². The Kier molecular flexibility index (Phi) is 4.90. The third kappa shape index (κ3) is 3.70. The van der Waals surface area contributed by atoms with Gasteiger partial charge in [0.25, 0.3) is 0 Å². The third-order valence-electron chi connectivity index (χ3n) is 4.27. The number of para-hydroxylation sites is 1. The van der Waals surface area contributed by atoms with E-state index in [0.29, 0.717) is 26.8 Å². The van der Waals surface area contributed by atoms with Gasteiger partial charge in [0.1, 0.15) is 23.0 Å². The van der Waals surface area contributed by atoms with Gasteiger partial charge in [-0.2, -0.15) is 0 Å². The van der Waals surface area contributed by atoms with Gasteiger partial charge in [-0.3, -0.25) is 0 Å². The third-order valence-corrected chi connectivity index (χ3v) is 7.50. The lowest BCUT2D eigenvalue weighted by Gasteiger charge is -2.05. The van der Waals surface area contributed by atoms with Crippen molar-refractivity contribution < 1.29 is 4.39 Å². The van der Waals surface area contributed by atoms with Crippen molar-refractivity contribution in [2.45, 2.75) is 20.3 Å². The van der Waals surface area contributed by atoms with Crippen molar-refractivity contribution in [3.63, 3.8) is 0 Å². The van der Waals surface area contributed by atoms with Crippen LogP contribution < -0.4 is 0 Å². The highest BCUT2D eigenvalue weighted by molar-refractivity contribution is 8.00. The Hall–Kier alpha value is -2.56. The maximum atomic E-state index is 13.7. The van der Waals surface area contributed by atoms with Crippen molar-refractivity contribution in [2.75, 3.05) is 0 Å². The number of fused-ring (bicyclic) bond motifs is 2. The second-order valence-electron chi connectivity index (χ2n) is 6.14. The minimum Gasteiger partial charge on any atom is -0.308 e. The average molecular weight is 441 g/mol. The summed E-state index contributed by atoms with van der Waals surface area (Å²) in [6, 6.07) is 12.6. The van der Waals surface area contributed by atoms with E-state index in [1.165, 1.54) is 34.9 Å². The molecule has 0 saturated carbocycles. The Bertz CT molecular complexity index is 1300. The maximum Gasteiger partial charge on any atom is 0.197 e. The molecule has 29 heavy (non-hydrogen) atoms. The summed E-state index contributed by atoms with van der Waals surface area (Å²) in [7, 11) is 1.92. The molecule has 0 atom stereocenters. The fourth-order valence-electron chi connectivity index (χ4n) is 2.77. The fourth-order valence-corrected chi connectivity index (χ4v) is 5.69. The highest BCUT2D eigenvalue weighted by atomic mass is 32.2. The minimum absolute atomic E-state index is 0.319. The Labute approximate surface area is 177 Å². The van der Waals surface area contributed by atoms with E-state index < -0.39 is 0 Å². The summed E-state index contributed by atoms with van der Waals surface area (Å²) >= 11 is 4.66. The van der Waals surface area contributed by atoms with Gasteiger partial charge in [-0.15, -0.1) is 21.5 Å². The Morgan fingerprint density at radius 1 is 1.07 bits per heavy atom. The molecule has 6 nitrogen and oxygen atoms in total. The lowest BCUT2D eigenvalue weighted by atomic mass is 10.2. The SMILES string of the molecule is Cn1c(CSc2nc3ccccc3s2)nnc1Sc1ncnc2ccc(F)cc12. The predicted octanol–water partition coefficient (Wildman–Crippen LogP) is 4.95. The van der Waals surface area contributed by atoms with Gasteiger partial charge >= 0.3 is 0 Å². The molecule has 0 aliphatic carbocycles. The van der Waals surface area contributed by atoms with Crippen LogP contribution in [0.3, 0.4) is 0 Å². The summed E-state index contributed by atoms with van der Waals surface area (Å²) in [5.74, 6) is 1.17. The van der Waals surface area contributed by atoms with Crippen LogP contribution >= 0.6 is 34.9 Å². The van der Waals surface area contributed by atoms with Crippen molar-refractivity contribution >= 4 is 56.0 Å². The zero-order chi connectivity index (χ0) is 19.8. The largest absolute Gasteiger partial charge is 0.308 e. The molecule has 0 aliphatic rings. The highest BCUT2D eigenvalue weighted by Gasteiger charge is 2.15. The second-order valence-corrected chi connectivity index (χ2v) is 9.35.